The van der Waals surface area contributed by atoms with E-state index in [4.69, 9.17) is 5.11 Å². The summed E-state index contributed by atoms with van der Waals surface area (Å²) in [4.78, 5) is 14.8. The van der Waals surface area contributed by atoms with Crippen LogP contribution in [-0.2, 0) is 0 Å². The van der Waals surface area contributed by atoms with E-state index in [0.717, 1.165) is 16.7 Å². The SMILES string of the molecule is CC.O=c1cc(O)nc2ccc(F)cn12. The van der Waals surface area contributed by atoms with Gasteiger partial charge in [-0.2, -0.15) is 4.98 Å². The van der Waals surface area contributed by atoms with E-state index in [1.807, 2.05) is 13.8 Å². The molecule has 0 saturated carbocycles. The maximum absolute atomic E-state index is 12.7. The topological polar surface area (TPSA) is 54.6 Å². The summed E-state index contributed by atoms with van der Waals surface area (Å²) in [7, 11) is 0. The minimum absolute atomic E-state index is 0.214. The van der Waals surface area contributed by atoms with Crippen LogP contribution in [0.15, 0.2) is 29.2 Å². The second-order valence-corrected chi connectivity index (χ2v) is 2.53. The van der Waals surface area contributed by atoms with Gasteiger partial charge in [-0.1, -0.05) is 13.8 Å². The van der Waals surface area contributed by atoms with Gasteiger partial charge in [0.25, 0.3) is 5.56 Å². The maximum atomic E-state index is 12.7. The van der Waals surface area contributed by atoms with E-state index in [9.17, 15) is 9.18 Å². The van der Waals surface area contributed by atoms with Crippen LogP contribution < -0.4 is 5.56 Å². The average molecular weight is 210 g/mol. The van der Waals surface area contributed by atoms with Crippen molar-refractivity contribution in [2.24, 2.45) is 0 Å². The van der Waals surface area contributed by atoms with Crippen molar-refractivity contribution < 1.29 is 9.50 Å². The van der Waals surface area contributed by atoms with Crippen LogP contribution in [0.1, 0.15) is 13.8 Å². The second kappa shape index (κ2) is 4.54. The quantitative estimate of drug-likeness (QED) is 0.718. The fourth-order valence-electron chi connectivity index (χ4n) is 1.06. The molecule has 0 aliphatic heterocycles. The van der Waals surface area contributed by atoms with E-state index >= 15 is 0 Å². The van der Waals surface area contributed by atoms with Gasteiger partial charge >= 0.3 is 0 Å². The van der Waals surface area contributed by atoms with Crippen molar-refractivity contribution in [2.75, 3.05) is 0 Å². The molecular formula is C10H11FN2O2. The highest BCUT2D eigenvalue weighted by molar-refractivity contribution is 5.39. The fraction of sp³-hybridized carbons (Fsp3) is 0.200. The van der Waals surface area contributed by atoms with Crippen molar-refractivity contribution in [3.8, 4) is 5.88 Å². The third-order valence-electron chi connectivity index (χ3n) is 1.61. The number of hydrogen-bond acceptors (Lipinski definition) is 3. The van der Waals surface area contributed by atoms with Gasteiger partial charge in [-0.25, -0.2) is 4.39 Å². The zero-order valence-corrected chi connectivity index (χ0v) is 8.44. The standard InChI is InChI=1S/C8H5FN2O2.C2H6/c9-5-1-2-6-10-7(12)3-8(13)11(6)4-5;1-2/h1-4,12H;1-2H3. The highest BCUT2D eigenvalue weighted by Crippen LogP contribution is 2.04. The molecule has 80 valence electrons. The van der Waals surface area contributed by atoms with Crippen molar-refractivity contribution in [1.82, 2.24) is 9.38 Å². The maximum Gasteiger partial charge on any atom is 0.261 e. The molecule has 2 heterocycles. The molecule has 0 spiro atoms. The van der Waals surface area contributed by atoms with Crippen LogP contribution in [0.3, 0.4) is 0 Å². The third-order valence-corrected chi connectivity index (χ3v) is 1.61. The minimum Gasteiger partial charge on any atom is -0.493 e. The highest BCUT2D eigenvalue weighted by atomic mass is 19.1. The Morgan fingerprint density at radius 1 is 1.40 bits per heavy atom. The van der Waals surface area contributed by atoms with Gasteiger partial charge < -0.3 is 5.11 Å². The van der Waals surface area contributed by atoms with E-state index in [1.54, 1.807) is 0 Å². The van der Waals surface area contributed by atoms with Crippen LogP contribution in [0, 0.1) is 5.82 Å². The molecule has 0 unspecified atom stereocenters. The normalized spacial score (nSPS) is 9.53. The van der Waals surface area contributed by atoms with Crippen LogP contribution in [0.5, 0.6) is 5.88 Å². The first-order chi connectivity index (χ1) is 7.16. The van der Waals surface area contributed by atoms with Gasteiger partial charge in [-0.15, -0.1) is 0 Å². The van der Waals surface area contributed by atoms with Gasteiger partial charge in [0, 0.05) is 6.20 Å². The Balaban J connectivity index is 0.000000531. The van der Waals surface area contributed by atoms with Crippen molar-refractivity contribution in [3.63, 3.8) is 0 Å². The van der Waals surface area contributed by atoms with Crippen LogP contribution in [0.25, 0.3) is 5.65 Å². The predicted octanol–water partition coefficient (Wildman–Crippen LogP) is 1.57. The summed E-state index contributed by atoms with van der Waals surface area (Å²) in [5, 5.41) is 8.96. The number of aromatic hydroxyl groups is 1. The second-order valence-electron chi connectivity index (χ2n) is 2.53. The Morgan fingerprint density at radius 3 is 2.73 bits per heavy atom. The van der Waals surface area contributed by atoms with Crippen LogP contribution in [-0.4, -0.2) is 14.5 Å². The van der Waals surface area contributed by atoms with Crippen LogP contribution in [0.4, 0.5) is 4.39 Å². The summed E-state index contributed by atoms with van der Waals surface area (Å²) in [6.07, 6.45) is 1.02. The molecule has 2 aromatic rings. The lowest BCUT2D eigenvalue weighted by Crippen LogP contribution is -2.13. The summed E-state index contributed by atoms with van der Waals surface area (Å²) in [5.41, 5.74) is -0.298. The van der Waals surface area contributed by atoms with Crippen molar-refractivity contribution in [3.05, 3.63) is 40.6 Å². The molecule has 15 heavy (non-hydrogen) atoms. The van der Waals surface area contributed by atoms with Crippen LogP contribution >= 0.6 is 0 Å². The number of halogens is 1. The van der Waals surface area contributed by atoms with E-state index in [0.29, 0.717) is 0 Å². The zero-order valence-electron chi connectivity index (χ0n) is 8.44. The largest absolute Gasteiger partial charge is 0.493 e. The summed E-state index contributed by atoms with van der Waals surface area (Å²) >= 11 is 0. The molecule has 2 rings (SSSR count). The van der Waals surface area contributed by atoms with E-state index in [2.05, 4.69) is 4.98 Å². The van der Waals surface area contributed by atoms with Crippen molar-refractivity contribution >= 4 is 5.65 Å². The van der Waals surface area contributed by atoms with Gasteiger partial charge in [-0.05, 0) is 12.1 Å². The monoisotopic (exact) mass is 210 g/mol. The Bertz CT molecular complexity index is 522. The minimum atomic E-state index is -0.526. The number of fused-ring (bicyclic) bond motifs is 1. The Labute approximate surface area is 85.6 Å². The summed E-state index contributed by atoms with van der Waals surface area (Å²) in [6, 6.07) is 3.41. The molecule has 4 nitrogen and oxygen atoms in total. The molecule has 2 aromatic heterocycles. The molecule has 0 saturated heterocycles. The number of nitrogens with zero attached hydrogens (tertiary/aromatic N) is 2. The molecule has 1 N–H and O–H groups in total. The van der Waals surface area contributed by atoms with E-state index in [1.165, 1.54) is 12.1 Å². The first kappa shape index (κ1) is 11.2. The molecule has 0 aliphatic rings. The molecule has 0 amide bonds. The lowest BCUT2D eigenvalue weighted by Gasteiger charge is -1.98. The number of hydrogen-bond donors (Lipinski definition) is 1. The smallest absolute Gasteiger partial charge is 0.261 e. The van der Waals surface area contributed by atoms with Gasteiger partial charge in [-0.3, -0.25) is 9.20 Å². The molecule has 0 aliphatic carbocycles. The Kier molecular flexibility index (Phi) is 3.38. The molecule has 0 radical (unpaired) electrons. The fourth-order valence-corrected chi connectivity index (χ4v) is 1.06. The summed E-state index contributed by atoms with van der Waals surface area (Å²) in [5.74, 6) is -0.890. The number of aromatic nitrogens is 2. The number of pyridine rings is 1. The first-order valence-electron chi connectivity index (χ1n) is 4.55. The average Bonchev–Trinajstić information content (AvgIpc) is 2.22. The zero-order chi connectivity index (χ0) is 11.4. The molecule has 0 aromatic carbocycles. The van der Waals surface area contributed by atoms with Gasteiger partial charge in [0.05, 0.1) is 6.07 Å². The van der Waals surface area contributed by atoms with Crippen molar-refractivity contribution in [2.45, 2.75) is 13.8 Å². The van der Waals surface area contributed by atoms with E-state index in [-0.39, 0.29) is 11.5 Å². The lowest BCUT2D eigenvalue weighted by atomic mass is 10.4. The molecule has 0 fully saturated rings. The lowest BCUT2D eigenvalue weighted by molar-refractivity contribution is 0.452. The Hall–Kier alpha value is -1.91. The summed E-state index contributed by atoms with van der Waals surface area (Å²) in [6.45, 7) is 4.00. The van der Waals surface area contributed by atoms with Gasteiger partial charge in [0.2, 0.25) is 5.88 Å². The number of rotatable bonds is 0. The third kappa shape index (κ3) is 2.31. The Morgan fingerprint density at radius 2 is 2.07 bits per heavy atom. The predicted molar refractivity (Wildman–Crippen MR) is 54.4 cm³/mol. The summed E-state index contributed by atoms with van der Waals surface area (Å²) < 4.78 is 13.7. The van der Waals surface area contributed by atoms with E-state index < -0.39 is 11.4 Å². The highest BCUT2D eigenvalue weighted by Gasteiger charge is 2.00. The molecule has 5 heteroatoms. The molecule has 0 bridgehead atoms. The van der Waals surface area contributed by atoms with Crippen molar-refractivity contribution in [1.29, 1.82) is 0 Å². The van der Waals surface area contributed by atoms with Crippen LogP contribution in [0.2, 0.25) is 0 Å². The molecule has 0 atom stereocenters. The first-order valence-corrected chi connectivity index (χ1v) is 4.55. The van der Waals surface area contributed by atoms with Gasteiger partial charge in [0.1, 0.15) is 11.5 Å². The molecular weight excluding hydrogens is 199 g/mol. The van der Waals surface area contributed by atoms with Gasteiger partial charge in [0.15, 0.2) is 0 Å².